The molecule has 0 spiro atoms. The van der Waals surface area contributed by atoms with Crippen molar-refractivity contribution in [3.05, 3.63) is 65.9 Å². The van der Waals surface area contributed by atoms with Gasteiger partial charge >= 0.3 is 6.09 Å². The van der Waals surface area contributed by atoms with E-state index in [9.17, 15) is 19.5 Å². The van der Waals surface area contributed by atoms with Crippen molar-refractivity contribution >= 4 is 39.7 Å². The fraction of sp³-hybridized carbons (Fsp3) is 0.465. The molecule has 15 heteroatoms. The number of aliphatic hydroxyl groups excluding tert-OH is 1. The number of amides is 3. The molecule has 0 radical (unpaired) electrons. The van der Waals surface area contributed by atoms with Crippen LogP contribution in [0.4, 0.5) is 4.79 Å². The molecule has 2 aromatic heterocycles. The van der Waals surface area contributed by atoms with E-state index in [2.05, 4.69) is 57.0 Å². The number of carbonyl (C=O) groups is 3. The Bertz CT molecular complexity index is 2360. The van der Waals surface area contributed by atoms with Crippen LogP contribution in [0.1, 0.15) is 95.5 Å². The molecule has 2 saturated heterocycles. The molecule has 1 unspecified atom stereocenters. The summed E-state index contributed by atoms with van der Waals surface area (Å²) in [7, 11) is 2.68. The van der Waals surface area contributed by atoms with Gasteiger partial charge in [0, 0.05) is 30.1 Å². The number of hydrogen-bond donors (Lipinski definition) is 5. The number of aromatic nitrogens is 4. The molecule has 3 aromatic carbocycles. The molecule has 5 heterocycles. The standard InChI is InChI=1S/C43H52N8O7/c1-7-30(47-42(54)56-5)40(52)50-22(3)9-15-34(50)38-44-20-33(46-38)25-11-13-27-26(17-25)21-58-36-19-28-24(18-29(27)36)12-14-32-37(28)49-39(45-32)35-16-10-23(4)51(35)41(53)31(8-2)48-43(55)57-6/h11-14,17-20,22-23,30-31,34-35,42,47,54H,7-10,15-16,21H2,1-6H3,(H,44,46)(H,45,49)(H,48,55)/t22-,23-,30-,31-,34-,35-,42?/m0/s1. The van der Waals surface area contributed by atoms with Crippen LogP contribution in [0, 0.1) is 0 Å². The van der Waals surface area contributed by atoms with Gasteiger partial charge in [-0.1, -0.05) is 32.0 Å². The van der Waals surface area contributed by atoms with Crippen LogP contribution in [0.3, 0.4) is 0 Å². The molecule has 3 amide bonds. The first-order chi connectivity index (χ1) is 28.0. The van der Waals surface area contributed by atoms with Gasteiger partial charge in [-0.05, 0) is 98.7 Å². The molecule has 15 nitrogen and oxygen atoms in total. The number of fused-ring (bicyclic) bond motifs is 6. The molecule has 58 heavy (non-hydrogen) atoms. The summed E-state index contributed by atoms with van der Waals surface area (Å²) >= 11 is 0. The van der Waals surface area contributed by atoms with Crippen LogP contribution in [0.25, 0.3) is 44.2 Å². The van der Waals surface area contributed by atoms with Crippen molar-refractivity contribution in [1.82, 2.24) is 40.4 Å². The number of benzene rings is 3. The molecule has 2 fully saturated rings. The highest BCUT2D eigenvalue weighted by Gasteiger charge is 2.41. The minimum absolute atomic E-state index is 0.0104. The zero-order valence-electron chi connectivity index (χ0n) is 33.8. The Balaban J connectivity index is 1.04. The number of rotatable bonds is 11. The SMILES string of the molecule is CC[C@H](NC(O)OC)C(=O)N1[C@@H](C)CC[C@H]1c1ncc(-c2ccc3c(c2)COc2cc4c(ccc5[nH]c([C@@H]6CC[C@H](C)N6C(=O)[C@H](CC)NC(=O)OC)nc54)cc2-3)[nH]1. The van der Waals surface area contributed by atoms with Crippen molar-refractivity contribution in [2.24, 2.45) is 0 Å². The Hall–Kier alpha value is -5.51. The van der Waals surface area contributed by atoms with Gasteiger partial charge in [-0.25, -0.2) is 14.8 Å². The summed E-state index contributed by atoms with van der Waals surface area (Å²) in [5.41, 5.74) is 6.65. The van der Waals surface area contributed by atoms with E-state index in [0.717, 1.165) is 92.8 Å². The average Bonchev–Trinajstić information content (AvgIpc) is 4.06. The Morgan fingerprint density at radius 3 is 2.29 bits per heavy atom. The van der Waals surface area contributed by atoms with Crippen LogP contribution in [0.5, 0.6) is 5.75 Å². The quantitative estimate of drug-likeness (QED) is 0.0966. The van der Waals surface area contributed by atoms with Crippen molar-refractivity contribution in [2.75, 3.05) is 14.2 Å². The number of carbonyl (C=O) groups excluding carboxylic acids is 3. The molecule has 0 aliphatic carbocycles. The van der Waals surface area contributed by atoms with Gasteiger partial charge in [-0.15, -0.1) is 0 Å². The predicted octanol–water partition coefficient (Wildman–Crippen LogP) is 6.19. The van der Waals surface area contributed by atoms with Crippen molar-refractivity contribution in [1.29, 1.82) is 0 Å². The van der Waals surface area contributed by atoms with Crippen molar-refractivity contribution < 1.29 is 33.7 Å². The summed E-state index contributed by atoms with van der Waals surface area (Å²) in [6, 6.07) is 12.9. The summed E-state index contributed by atoms with van der Waals surface area (Å²) in [5, 5.41) is 17.5. The molecule has 7 atom stereocenters. The van der Waals surface area contributed by atoms with Gasteiger partial charge in [0.15, 0.2) is 0 Å². The first kappa shape index (κ1) is 39.3. The summed E-state index contributed by atoms with van der Waals surface area (Å²) in [5.74, 6) is 1.99. The van der Waals surface area contributed by atoms with Gasteiger partial charge in [0.1, 0.15) is 30.0 Å². The smallest absolute Gasteiger partial charge is 0.407 e. The van der Waals surface area contributed by atoms with Crippen LogP contribution in [-0.2, 0) is 25.7 Å². The fourth-order valence-electron chi connectivity index (χ4n) is 9.03. The number of likely N-dealkylation sites (tertiary alicyclic amines) is 2. The number of aliphatic hydroxyl groups is 1. The van der Waals surface area contributed by atoms with Gasteiger partial charge in [0.2, 0.25) is 18.2 Å². The van der Waals surface area contributed by atoms with Crippen LogP contribution in [-0.4, -0.2) is 97.6 Å². The van der Waals surface area contributed by atoms with Crippen molar-refractivity contribution in [3.63, 3.8) is 0 Å². The van der Waals surface area contributed by atoms with E-state index in [1.165, 1.54) is 14.2 Å². The van der Waals surface area contributed by atoms with Gasteiger partial charge in [-0.2, -0.15) is 0 Å². The summed E-state index contributed by atoms with van der Waals surface area (Å²) in [6.45, 7) is 8.24. The minimum atomic E-state index is -1.23. The van der Waals surface area contributed by atoms with E-state index in [-0.39, 0.29) is 36.0 Å². The monoisotopic (exact) mass is 792 g/mol. The van der Waals surface area contributed by atoms with Crippen LogP contribution in [0.2, 0.25) is 0 Å². The van der Waals surface area contributed by atoms with Crippen molar-refractivity contribution in [3.8, 4) is 28.1 Å². The van der Waals surface area contributed by atoms with Gasteiger partial charge in [0.25, 0.3) is 0 Å². The maximum absolute atomic E-state index is 13.7. The highest BCUT2D eigenvalue weighted by atomic mass is 16.6. The molecular formula is C43H52N8O7. The van der Waals surface area contributed by atoms with E-state index in [4.69, 9.17) is 24.2 Å². The van der Waals surface area contributed by atoms with Gasteiger partial charge < -0.3 is 44.4 Å². The van der Waals surface area contributed by atoms with Crippen LogP contribution < -0.4 is 15.4 Å². The zero-order valence-corrected chi connectivity index (χ0v) is 33.8. The lowest BCUT2D eigenvalue weighted by Crippen LogP contribution is -2.51. The Morgan fingerprint density at radius 1 is 0.897 bits per heavy atom. The predicted molar refractivity (Wildman–Crippen MR) is 217 cm³/mol. The van der Waals surface area contributed by atoms with Gasteiger partial charge in [0.05, 0.1) is 48.2 Å². The maximum atomic E-state index is 13.7. The molecular weight excluding hydrogens is 741 g/mol. The number of nitrogens with zero attached hydrogens (tertiary/aromatic N) is 4. The largest absolute Gasteiger partial charge is 0.488 e. The number of nitrogens with one attached hydrogen (secondary N) is 4. The lowest BCUT2D eigenvalue weighted by molar-refractivity contribution is -0.144. The number of H-pyrrole nitrogens is 2. The Morgan fingerprint density at radius 2 is 1.60 bits per heavy atom. The molecule has 8 rings (SSSR count). The minimum Gasteiger partial charge on any atom is -0.488 e. The third-order valence-electron chi connectivity index (χ3n) is 12.2. The fourth-order valence-corrected chi connectivity index (χ4v) is 9.03. The maximum Gasteiger partial charge on any atom is 0.407 e. The molecule has 3 aliphatic rings. The number of ether oxygens (including phenoxy) is 3. The first-order valence-corrected chi connectivity index (χ1v) is 20.3. The number of methoxy groups -OCH3 is 2. The normalized spacial score (nSPS) is 21.7. The van der Waals surface area contributed by atoms with E-state index < -0.39 is 24.6 Å². The topological polar surface area (TPSA) is 187 Å². The zero-order chi connectivity index (χ0) is 40.8. The molecule has 0 bridgehead atoms. The number of aromatic amines is 2. The third kappa shape index (κ3) is 7.04. The molecule has 306 valence electrons. The highest BCUT2D eigenvalue weighted by molar-refractivity contribution is 6.07. The second-order valence-corrected chi connectivity index (χ2v) is 15.7. The van der Waals surface area contributed by atoms with E-state index in [0.29, 0.717) is 19.4 Å². The third-order valence-corrected chi connectivity index (χ3v) is 12.2. The summed E-state index contributed by atoms with van der Waals surface area (Å²) in [6.07, 6.45) is 4.13. The second kappa shape index (κ2) is 16.0. The van der Waals surface area contributed by atoms with E-state index in [1.54, 1.807) is 0 Å². The van der Waals surface area contributed by atoms with E-state index in [1.807, 2.05) is 49.8 Å². The molecule has 0 saturated carbocycles. The van der Waals surface area contributed by atoms with Crippen molar-refractivity contribution in [2.45, 2.75) is 115 Å². The summed E-state index contributed by atoms with van der Waals surface area (Å²) < 4.78 is 16.1. The number of imidazole rings is 2. The lowest BCUT2D eigenvalue weighted by atomic mass is 9.92. The van der Waals surface area contributed by atoms with Crippen LogP contribution >= 0.6 is 0 Å². The van der Waals surface area contributed by atoms with Crippen LogP contribution in [0.15, 0.2) is 48.7 Å². The first-order valence-electron chi connectivity index (χ1n) is 20.3. The summed E-state index contributed by atoms with van der Waals surface area (Å²) in [4.78, 5) is 60.0. The lowest BCUT2D eigenvalue weighted by Gasteiger charge is -2.32. The van der Waals surface area contributed by atoms with Gasteiger partial charge in [-0.3, -0.25) is 14.9 Å². The Labute approximate surface area is 336 Å². The second-order valence-electron chi connectivity index (χ2n) is 15.7. The average molecular weight is 793 g/mol. The molecule has 3 aliphatic heterocycles. The molecule has 5 N–H and O–H groups in total. The van der Waals surface area contributed by atoms with E-state index >= 15 is 0 Å². The highest BCUT2D eigenvalue weighted by Crippen LogP contribution is 2.44. The molecule has 5 aromatic rings. The Kier molecular flexibility index (Phi) is 10.9. The number of hydrogen-bond acceptors (Lipinski definition) is 10. The number of alkyl carbamates (subject to hydrolysis) is 1.